The van der Waals surface area contributed by atoms with Crippen molar-refractivity contribution in [2.45, 2.75) is 380 Å². The molecule has 6 heteroatoms. The van der Waals surface area contributed by atoms with Gasteiger partial charge in [-0.15, -0.1) is 0 Å². The molecule has 0 aromatic rings. The maximum Gasteiger partial charge on any atom is 0.306 e. The van der Waals surface area contributed by atoms with Crippen LogP contribution in [0.2, 0.25) is 0 Å². The summed E-state index contributed by atoms with van der Waals surface area (Å²) in [6.45, 7) is 6.69. The van der Waals surface area contributed by atoms with Gasteiger partial charge in [-0.1, -0.05) is 322 Å². The van der Waals surface area contributed by atoms with E-state index in [-0.39, 0.29) is 31.1 Å². The summed E-state index contributed by atoms with van der Waals surface area (Å²) in [4.78, 5) is 38.2. The van der Waals surface area contributed by atoms with Crippen LogP contribution < -0.4 is 0 Å². The zero-order valence-corrected chi connectivity index (χ0v) is 49.0. The normalized spacial score (nSPS) is 12.0. The first-order chi connectivity index (χ1) is 35.5. The minimum atomic E-state index is -0.763. The summed E-state index contributed by atoms with van der Waals surface area (Å²) >= 11 is 0. The first-order valence-corrected chi connectivity index (χ1v) is 32.7. The Bertz CT molecular complexity index is 1120. The summed E-state index contributed by atoms with van der Waals surface area (Å²) in [6.07, 6.45) is 72.4. The van der Waals surface area contributed by atoms with Crippen molar-refractivity contribution in [3.63, 3.8) is 0 Å². The zero-order chi connectivity index (χ0) is 52.2. The summed E-state index contributed by atoms with van der Waals surface area (Å²) in [7, 11) is 0. The fourth-order valence-corrected chi connectivity index (χ4v) is 10.1. The van der Waals surface area contributed by atoms with Crippen molar-refractivity contribution < 1.29 is 28.6 Å². The van der Waals surface area contributed by atoms with Gasteiger partial charge in [0.1, 0.15) is 13.2 Å². The van der Waals surface area contributed by atoms with E-state index in [1.54, 1.807) is 0 Å². The third-order valence-corrected chi connectivity index (χ3v) is 15.0. The molecule has 426 valence electrons. The summed E-state index contributed by atoms with van der Waals surface area (Å²) in [6, 6.07) is 0. The molecule has 0 saturated heterocycles. The molecule has 0 aliphatic heterocycles. The third-order valence-electron chi connectivity index (χ3n) is 15.0. The van der Waals surface area contributed by atoms with Gasteiger partial charge in [0.2, 0.25) is 0 Å². The highest BCUT2D eigenvalue weighted by molar-refractivity contribution is 5.71. The van der Waals surface area contributed by atoms with Gasteiger partial charge in [-0.3, -0.25) is 14.4 Å². The Morgan fingerprint density at radius 1 is 0.264 bits per heavy atom. The topological polar surface area (TPSA) is 78.9 Å². The monoisotopic (exact) mass is 1010 g/mol. The van der Waals surface area contributed by atoms with Crippen molar-refractivity contribution in [2.24, 2.45) is 0 Å². The maximum atomic E-state index is 12.9. The van der Waals surface area contributed by atoms with E-state index in [0.717, 1.165) is 57.8 Å². The largest absolute Gasteiger partial charge is 0.462 e. The van der Waals surface area contributed by atoms with Crippen molar-refractivity contribution in [2.75, 3.05) is 13.2 Å². The Morgan fingerprint density at radius 3 is 0.694 bits per heavy atom. The van der Waals surface area contributed by atoms with Crippen LogP contribution in [-0.4, -0.2) is 37.2 Å². The number of rotatable bonds is 61. The Balaban J connectivity index is 4.10. The van der Waals surface area contributed by atoms with Crippen molar-refractivity contribution >= 4 is 17.9 Å². The van der Waals surface area contributed by atoms with Gasteiger partial charge in [0.25, 0.3) is 0 Å². The number of carbonyl (C=O) groups excluding carboxylic acids is 3. The van der Waals surface area contributed by atoms with Crippen molar-refractivity contribution in [3.05, 3.63) is 12.2 Å². The van der Waals surface area contributed by atoms with Crippen LogP contribution >= 0.6 is 0 Å². The molecule has 0 N–H and O–H groups in total. The standard InChI is InChI=1S/C66H126O6/c1-4-7-10-13-16-19-21-23-25-27-29-30-31-32-33-34-35-36-37-39-40-42-44-47-50-53-56-59-65(68)71-62-63(61-70-64(67)58-55-52-49-46-18-15-12-9-6-3)72-66(69)60-57-54-51-48-45-43-41-38-28-26-24-22-20-17-14-11-8-5-2/h27,29,63H,4-26,28,30-62H2,1-3H3/b29-27-. The highest BCUT2D eigenvalue weighted by atomic mass is 16.6. The van der Waals surface area contributed by atoms with Gasteiger partial charge in [0, 0.05) is 19.3 Å². The smallest absolute Gasteiger partial charge is 0.306 e. The molecule has 0 aliphatic carbocycles. The number of ether oxygens (including phenoxy) is 3. The van der Waals surface area contributed by atoms with E-state index in [4.69, 9.17) is 14.2 Å². The SMILES string of the molecule is CCCCCCCCCC/C=C\CCCCCCCCCCCCCCCCCC(=O)OCC(COC(=O)CCCCCCCCCCC)OC(=O)CCCCCCCCCCCCCCCCCCCC. The molecule has 0 amide bonds. The van der Waals surface area contributed by atoms with Crippen LogP contribution in [0.3, 0.4) is 0 Å². The molecule has 72 heavy (non-hydrogen) atoms. The van der Waals surface area contributed by atoms with E-state index < -0.39 is 6.10 Å². The Morgan fingerprint density at radius 2 is 0.458 bits per heavy atom. The quantitative estimate of drug-likeness (QED) is 0.0261. The van der Waals surface area contributed by atoms with Gasteiger partial charge in [-0.05, 0) is 44.9 Å². The second-order valence-corrected chi connectivity index (χ2v) is 22.4. The lowest BCUT2D eigenvalue weighted by Gasteiger charge is -2.18. The Kier molecular flexibility index (Phi) is 60.1. The number of hydrogen-bond donors (Lipinski definition) is 0. The number of allylic oxidation sites excluding steroid dienone is 2. The first kappa shape index (κ1) is 70.1. The molecular formula is C66H126O6. The second-order valence-electron chi connectivity index (χ2n) is 22.4. The van der Waals surface area contributed by atoms with Crippen molar-refractivity contribution in [3.8, 4) is 0 Å². The molecule has 0 spiro atoms. The lowest BCUT2D eigenvalue weighted by molar-refractivity contribution is -0.167. The Hall–Kier alpha value is -1.85. The average molecular weight is 1020 g/mol. The summed E-state index contributed by atoms with van der Waals surface area (Å²) in [5, 5.41) is 0. The number of carbonyl (C=O) groups is 3. The summed E-state index contributed by atoms with van der Waals surface area (Å²) < 4.78 is 16.9. The molecule has 0 bridgehead atoms. The van der Waals surface area contributed by atoms with Crippen molar-refractivity contribution in [1.82, 2.24) is 0 Å². The number of hydrogen-bond acceptors (Lipinski definition) is 6. The molecule has 6 nitrogen and oxygen atoms in total. The highest BCUT2D eigenvalue weighted by Gasteiger charge is 2.19. The predicted octanol–water partition coefficient (Wildman–Crippen LogP) is 22.1. The molecular weight excluding hydrogens is 889 g/mol. The van der Waals surface area contributed by atoms with Gasteiger partial charge >= 0.3 is 17.9 Å². The van der Waals surface area contributed by atoms with Gasteiger partial charge in [0.15, 0.2) is 6.10 Å². The molecule has 0 saturated carbocycles. The van der Waals surface area contributed by atoms with Crippen LogP contribution in [0.5, 0.6) is 0 Å². The average Bonchev–Trinajstić information content (AvgIpc) is 3.38. The van der Waals surface area contributed by atoms with Gasteiger partial charge in [0.05, 0.1) is 0 Å². The van der Waals surface area contributed by atoms with Gasteiger partial charge < -0.3 is 14.2 Å². The molecule has 0 aromatic heterocycles. The van der Waals surface area contributed by atoms with E-state index in [0.29, 0.717) is 19.3 Å². The molecule has 1 atom stereocenters. The lowest BCUT2D eigenvalue weighted by atomic mass is 10.0. The minimum absolute atomic E-state index is 0.0632. The maximum absolute atomic E-state index is 12.9. The van der Waals surface area contributed by atoms with E-state index >= 15 is 0 Å². The lowest BCUT2D eigenvalue weighted by Crippen LogP contribution is -2.30. The zero-order valence-electron chi connectivity index (χ0n) is 49.0. The van der Waals surface area contributed by atoms with Crippen LogP contribution in [-0.2, 0) is 28.6 Å². The number of esters is 3. The predicted molar refractivity (Wildman–Crippen MR) is 312 cm³/mol. The second kappa shape index (κ2) is 61.7. The molecule has 0 heterocycles. The van der Waals surface area contributed by atoms with E-state index in [1.165, 1.54) is 276 Å². The van der Waals surface area contributed by atoms with E-state index in [1.807, 2.05) is 0 Å². The molecule has 0 aromatic carbocycles. The van der Waals surface area contributed by atoms with Crippen LogP contribution in [0.15, 0.2) is 12.2 Å². The molecule has 0 rings (SSSR count). The fourth-order valence-electron chi connectivity index (χ4n) is 10.1. The molecule has 0 fully saturated rings. The first-order valence-electron chi connectivity index (χ1n) is 32.7. The van der Waals surface area contributed by atoms with Crippen LogP contribution in [0.4, 0.5) is 0 Å². The summed E-state index contributed by atoms with van der Waals surface area (Å²) in [5.41, 5.74) is 0. The van der Waals surface area contributed by atoms with E-state index in [2.05, 4.69) is 32.9 Å². The number of unbranched alkanes of at least 4 members (excludes halogenated alkanes) is 48. The Labute approximate surface area is 450 Å². The molecule has 0 aliphatic rings. The van der Waals surface area contributed by atoms with Gasteiger partial charge in [-0.25, -0.2) is 0 Å². The third kappa shape index (κ3) is 59.0. The van der Waals surface area contributed by atoms with Crippen molar-refractivity contribution in [1.29, 1.82) is 0 Å². The molecule has 0 radical (unpaired) electrons. The minimum Gasteiger partial charge on any atom is -0.462 e. The molecule has 1 unspecified atom stereocenters. The van der Waals surface area contributed by atoms with Crippen LogP contribution in [0.1, 0.15) is 374 Å². The van der Waals surface area contributed by atoms with Crippen LogP contribution in [0, 0.1) is 0 Å². The summed E-state index contributed by atoms with van der Waals surface area (Å²) in [5.74, 6) is -0.837. The van der Waals surface area contributed by atoms with Gasteiger partial charge in [-0.2, -0.15) is 0 Å². The van der Waals surface area contributed by atoms with Crippen LogP contribution in [0.25, 0.3) is 0 Å². The fraction of sp³-hybridized carbons (Fsp3) is 0.924. The highest BCUT2D eigenvalue weighted by Crippen LogP contribution is 2.18. The van der Waals surface area contributed by atoms with E-state index in [9.17, 15) is 14.4 Å².